The molecule has 0 bridgehead atoms. The van der Waals surface area contributed by atoms with Gasteiger partial charge < -0.3 is 14.6 Å². The van der Waals surface area contributed by atoms with Crippen molar-refractivity contribution in [2.45, 2.75) is 45.4 Å². The molecule has 1 aromatic carbocycles. The molecule has 8 nitrogen and oxygen atoms in total. The van der Waals surface area contributed by atoms with Crippen molar-refractivity contribution in [2.75, 3.05) is 13.2 Å². The number of hydrogen-bond acceptors (Lipinski definition) is 5. The van der Waals surface area contributed by atoms with Crippen LogP contribution in [0.3, 0.4) is 0 Å². The number of amides is 1. The Morgan fingerprint density at radius 1 is 1.34 bits per heavy atom. The molecule has 1 amide bonds. The number of fused-ring (bicyclic) bond motifs is 2. The fourth-order valence-corrected chi connectivity index (χ4v) is 4.31. The minimum absolute atomic E-state index is 0.0129. The lowest BCUT2D eigenvalue weighted by molar-refractivity contribution is 0.0719. The third kappa shape index (κ3) is 3.33. The van der Waals surface area contributed by atoms with Gasteiger partial charge in [-0.25, -0.2) is 9.67 Å². The number of nitrogens with zero attached hydrogens (tertiary/aromatic N) is 4. The van der Waals surface area contributed by atoms with Gasteiger partial charge in [-0.2, -0.15) is 5.10 Å². The molecule has 1 unspecified atom stereocenters. The Bertz CT molecular complexity index is 1150. The van der Waals surface area contributed by atoms with Gasteiger partial charge in [0.05, 0.1) is 42.5 Å². The van der Waals surface area contributed by atoms with E-state index in [1.165, 1.54) is 4.68 Å². The Labute approximate surface area is 167 Å². The number of aromatic nitrogens is 4. The van der Waals surface area contributed by atoms with E-state index in [-0.39, 0.29) is 17.5 Å². The van der Waals surface area contributed by atoms with Crippen LogP contribution in [0.2, 0.25) is 0 Å². The predicted octanol–water partition coefficient (Wildman–Crippen LogP) is 1.81. The maximum atomic E-state index is 13.2. The highest BCUT2D eigenvalue weighted by Gasteiger charge is 2.30. The number of likely N-dealkylation sites (tertiary alicyclic amines) is 1. The average Bonchev–Trinajstić information content (AvgIpc) is 3.32. The summed E-state index contributed by atoms with van der Waals surface area (Å²) in [5.74, 6) is 0.813. The summed E-state index contributed by atoms with van der Waals surface area (Å²) in [5, 5.41) is 4.56. The maximum Gasteiger partial charge on any atom is 0.267 e. The van der Waals surface area contributed by atoms with Gasteiger partial charge in [0.2, 0.25) is 0 Å². The Balaban J connectivity index is 1.39. The number of hydrogen-bond donors (Lipinski definition) is 1. The molecular weight excluding hydrogens is 370 g/mol. The Morgan fingerprint density at radius 2 is 2.24 bits per heavy atom. The van der Waals surface area contributed by atoms with E-state index in [2.05, 4.69) is 15.1 Å². The van der Waals surface area contributed by atoms with Crippen molar-refractivity contribution in [2.24, 2.45) is 0 Å². The van der Waals surface area contributed by atoms with E-state index in [0.29, 0.717) is 38.3 Å². The van der Waals surface area contributed by atoms with Crippen molar-refractivity contribution >= 4 is 16.9 Å². The largest absolute Gasteiger partial charge is 0.376 e. The molecule has 0 spiro atoms. The van der Waals surface area contributed by atoms with Crippen LogP contribution in [0.5, 0.6) is 0 Å². The van der Waals surface area contributed by atoms with E-state index in [1.807, 2.05) is 30.0 Å². The van der Waals surface area contributed by atoms with Gasteiger partial charge in [0.25, 0.3) is 11.5 Å². The lowest BCUT2D eigenvalue weighted by atomic mass is 10.1. The smallest absolute Gasteiger partial charge is 0.267 e. The zero-order chi connectivity index (χ0) is 20.0. The first-order valence-electron chi connectivity index (χ1n) is 10.0. The van der Waals surface area contributed by atoms with Crippen molar-refractivity contribution < 1.29 is 9.53 Å². The molecule has 29 heavy (non-hydrogen) atoms. The number of ether oxygens (including phenoxy) is 1. The van der Waals surface area contributed by atoms with E-state index in [0.717, 1.165) is 41.0 Å². The maximum absolute atomic E-state index is 13.2. The fourth-order valence-electron chi connectivity index (χ4n) is 4.31. The number of rotatable bonds is 3. The number of aryl methyl sites for hydroxylation is 1. The van der Waals surface area contributed by atoms with E-state index < -0.39 is 0 Å². The first kappa shape index (κ1) is 18.1. The van der Waals surface area contributed by atoms with Crippen molar-refractivity contribution in [1.82, 2.24) is 24.6 Å². The van der Waals surface area contributed by atoms with E-state index in [9.17, 15) is 9.59 Å². The molecule has 1 atom stereocenters. The van der Waals surface area contributed by atoms with Gasteiger partial charge in [0.15, 0.2) is 0 Å². The molecule has 4 heterocycles. The van der Waals surface area contributed by atoms with Crippen LogP contribution in [0, 0.1) is 6.92 Å². The van der Waals surface area contributed by atoms with Gasteiger partial charge in [-0.3, -0.25) is 9.59 Å². The van der Waals surface area contributed by atoms with Crippen LogP contribution in [0.1, 0.15) is 40.3 Å². The van der Waals surface area contributed by atoms with Gasteiger partial charge in [-0.1, -0.05) is 0 Å². The third-order valence-electron chi connectivity index (χ3n) is 5.77. The summed E-state index contributed by atoms with van der Waals surface area (Å²) < 4.78 is 6.92. The molecule has 1 saturated heterocycles. The average molecular weight is 393 g/mol. The number of H-pyrrole nitrogens is 1. The number of imidazole rings is 1. The number of nitrogens with one attached hydrogen (secondary N) is 1. The summed E-state index contributed by atoms with van der Waals surface area (Å²) in [6.07, 6.45) is 2.51. The first-order chi connectivity index (χ1) is 14.1. The van der Waals surface area contributed by atoms with Crippen molar-refractivity contribution in [1.29, 1.82) is 0 Å². The SMILES string of the molecule is Cc1nc2ccc(C(=O)N3CCCC3Cn3nc4c(cc3=O)COCC4)cc2[nH]1. The number of benzene rings is 1. The van der Waals surface area contributed by atoms with Crippen LogP contribution in [0.15, 0.2) is 29.1 Å². The van der Waals surface area contributed by atoms with E-state index in [1.54, 1.807) is 6.07 Å². The Morgan fingerprint density at radius 3 is 3.14 bits per heavy atom. The number of carbonyl (C=O) groups excluding carboxylic acids is 1. The molecule has 1 fully saturated rings. The topological polar surface area (TPSA) is 93.1 Å². The summed E-state index contributed by atoms with van der Waals surface area (Å²) in [4.78, 5) is 35.1. The summed E-state index contributed by atoms with van der Waals surface area (Å²) in [7, 11) is 0. The monoisotopic (exact) mass is 393 g/mol. The summed E-state index contributed by atoms with van der Waals surface area (Å²) in [6, 6.07) is 7.14. The summed E-state index contributed by atoms with van der Waals surface area (Å²) >= 11 is 0. The predicted molar refractivity (Wildman–Crippen MR) is 107 cm³/mol. The molecular formula is C21H23N5O3. The van der Waals surface area contributed by atoms with Gasteiger partial charge in [-0.15, -0.1) is 0 Å². The van der Waals surface area contributed by atoms with Crippen molar-refractivity contribution in [3.05, 3.63) is 57.3 Å². The summed E-state index contributed by atoms with van der Waals surface area (Å²) in [5.41, 5.74) is 4.01. The molecule has 1 N–H and O–H groups in total. The third-order valence-corrected chi connectivity index (χ3v) is 5.77. The molecule has 5 rings (SSSR count). The highest BCUT2D eigenvalue weighted by atomic mass is 16.5. The number of carbonyl (C=O) groups is 1. The van der Waals surface area contributed by atoms with Crippen LogP contribution in [-0.2, 0) is 24.3 Å². The molecule has 2 aromatic heterocycles. The molecule has 8 heteroatoms. The van der Waals surface area contributed by atoms with E-state index >= 15 is 0 Å². The second-order valence-electron chi connectivity index (χ2n) is 7.79. The first-order valence-corrected chi connectivity index (χ1v) is 10.0. The van der Waals surface area contributed by atoms with Gasteiger partial charge in [0.1, 0.15) is 5.82 Å². The van der Waals surface area contributed by atoms with Crippen LogP contribution in [0.4, 0.5) is 0 Å². The Hall–Kier alpha value is -3.00. The van der Waals surface area contributed by atoms with Crippen LogP contribution >= 0.6 is 0 Å². The molecule has 2 aliphatic heterocycles. The van der Waals surface area contributed by atoms with Crippen molar-refractivity contribution in [3.8, 4) is 0 Å². The second kappa shape index (κ2) is 7.11. The van der Waals surface area contributed by atoms with Gasteiger partial charge in [-0.05, 0) is 38.0 Å². The normalized spacial score (nSPS) is 18.9. The molecule has 150 valence electrons. The zero-order valence-corrected chi connectivity index (χ0v) is 16.4. The van der Waals surface area contributed by atoms with E-state index in [4.69, 9.17) is 4.74 Å². The molecule has 0 aliphatic carbocycles. The molecule has 0 saturated carbocycles. The van der Waals surface area contributed by atoms with Crippen LogP contribution in [0.25, 0.3) is 11.0 Å². The Kier molecular flexibility index (Phi) is 4.43. The summed E-state index contributed by atoms with van der Waals surface area (Å²) in [6.45, 7) is 4.08. The zero-order valence-electron chi connectivity index (χ0n) is 16.4. The standard InChI is InChI=1S/C21H23N5O3/c1-13-22-18-5-4-14(9-19(18)23-13)21(28)25-7-2-3-16(25)11-26-20(27)10-15-12-29-8-6-17(15)24-26/h4-5,9-10,16H,2-3,6-8,11-12H2,1H3,(H,22,23). The van der Waals surface area contributed by atoms with Gasteiger partial charge in [0, 0.05) is 30.2 Å². The number of aromatic amines is 1. The van der Waals surface area contributed by atoms with Crippen LogP contribution < -0.4 is 5.56 Å². The van der Waals surface area contributed by atoms with Crippen LogP contribution in [-0.4, -0.2) is 49.7 Å². The minimum atomic E-state index is -0.136. The van der Waals surface area contributed by atoms with Crippen molar-refractivity contribution in [3.63, 3.8) is 0 Å². The van der Waals surface area contributed by atoms with Gasteiger partial charge >= 0.3 is 0 Å². The molecule has 2 aliphatic rings. The molecule has 0 radical (unpaired) electrons. The highest BCUT2D eigenvalue weighted by molar-refractivity contribution is 5.97. The second-order valence-corrected chi connectivity index (χ2v) is 7.79. The highest BCUT2D eigenvalue weighted by Crippen LogP contribution is 2.23. The molecule has 3 aromatic rings. The lowest BCUT2D eigenvalue weighted by Gasteiger charge is -2.25. The fraction of sp³-hybridized carbons (Fsp3) is 0.429. The lowest BCUT2D eigenvalue weighted by Crippen LogP contribution is -2.41. The quantitative estimate of drug-likeness (QED) is 0.733. The minimum Gasteiger partial charge on any atom is -0.376 e.